The molecule has 0 amide bonds. The first-order valence-corrected chi connectivity index (χ1v) is 6.77. The fourth-order valence-corrected chi connectivity index (χ4v) is 4.40. The van der Waals surface area contributed by atoms with Crippen molar-refractivity contribution in [2.24, 2.45) is 0 Å². The molecule has 80 valence electrons. The van der Waals surface area contributed by atoms with E-state index >= 15 is 0 Å². The summed E-state index contributed by atoms with van der Waals surface area (Å²) in [5, 5.41) is 0. The predicted molar refractivity (Wildman–Crippen MR) is 63.7 cm³/mol. The van der Waals surface area contributed by atoms with E-state index in [0.717, 1.165) is 17.1 Å². The molecule has 14 heavy (non-hydrogen) atoms. The number of ether oxygens (including phenoxy) is 1. The molecule has 0 spiro atoms. The third-order valence-corrected chi connectivity index (χ3v) is 4.90. The molecule has 1 aliphatic heterocycles. The highest BCUT2D eigenvalue weighted by Gasteiger charge is 2.27. The number of hydrogen-bond acceptors (Lipinski definition) is 4. The summed E-state index contributed by atoms with van der Waals surface area (Å²) < 4.78 is 5.61. The van der Waals surface area contributed by atoms with Gasteiger partial charge in [-0.2, -0.15) is 0 Å². The molecule has 0 aromatic heterocycles. The fraction of sp³-hybridized carbons (Fsp3) is 0.700. The molecule has 1 atom stereocenters. The van der Waals surface area contributed by atoms with Crippen LogP contribution in [0.2, 0.25) is 0 Å². The Labute approximate surface area is 93.8 Å². The Morgan fingerprint density at radius 1 is 1.43 bits per heavy atom. The van der Waals surface area contributed by atoms with Crippen molar-refractivity contribution in [1.82, 2.24) is 0 Å². The molecular formula is C10H16O2S2. The monoisotopic (exact) mass is 232 g/mol. The molecule has 0 radical (unpaired) electrons. The smallest absolute Gasteiger partial charge is 0.303 e. The van der Waals surface area contributed by atoms with Gasteiger partial charge < -0.3 is 4.74 Å². The van der Waals surface area contributed by atoms with Gasteiger partial charge >= 0.3 is 5.97 Å². The van der Waals surface area contributed by atoms with Crippen LogP contribution in [-0.4, -0.2) is 28.2 Å². The molecule has 1 heterocycles. The Hall–Kier alpha value is -0.0900. The zero-order valence-corrected chi connectivity index (χ0v) is 10.2. The van der Waals surface area contributed by atoms with E-state index < -0.39 is 0 Å². The number of carbonyl (C=O) groups excluding carboxylic acids is 1. The summed E-state index contributed by atoms with van der Waals surface area (Å²) in [6.07, 6.45) is 1.12. The van der Waals surface area contributed by atoms with Crippen molar-refractivity contribution >= 4 is 29.5 Å². The lowest BCUT2D eigenvalue weighted by molar-refractivity contribution is -0.143. The normalized spacial score (nSPS) is 20.1. The molecular weight excluding hydrogens is 216 g/mol. The summed E-state index contributed by atoms with van der Waals surface area (Å²) >= 11 is 3.73. The topological polar surface area (TPSA) is 26.3 Å². The van der Waals surface area contributed by atoms with Crippen LogP contribution in [0.4, 0.5) is 0 Å². The Morgan fingerprint density at radius 3 is 2.43 bits per heavy atom. The van der Waals surface area contributed by atoms with E-state index in [0.29, 0.717) is 4.58 Å². The number of rotatable bonds is 3. The largest absolute Gasteiger partial charge is 0.456 e. The van der Waals surface area contributed by atoms with Gasteiger partial charge in [0.2, 0.25) is 0 Å². The van der Waals surface area contributed by atoms with Gasteiger partial charge in [-0.1, -0.05) is 6.58 Å². The minimum Gasteiger partial charge on any atom is -0.456 e. The van der Waals surface area contributed by atoms with Crippen molar-refractivity contribution in [3.8, 4) is 0 Å². The molecule has 1 aliphatic rings. The lowest BCUT2D eigenvalue weighted by Crippen LogP contribution is -2.29. The molecule has 0 saturated carbocycles. The number of thioether (sulfide) groups is 2. The maximum Gasteiger partial charge on any atom is 0.303 e. The van der Waals surface area contributed by atoms with Crippen LogP contribution in [0.5, 0.6) is 0 Å². The molecule has 1 fully saturated rings. The van der Waals surface area contributed by atoms with Crippen LogP contribution in [0.15, 0.2) is 12.2 Å². The zero-order chi connectivity index (χ0) is 10.6. The zero-order valence-electron chi connectivity index (χ0n) is 8.62. The quantitative estimate of drug-likeness (QED) is 0.552. The summed E-state index contributed by atoms with van der Waals surface area (Å²) in [6, 6.07) is 0. The summed E-state index contributed by atoms with van der Waals surface area (Å²) in [5.74, 6) is 2.09. The molecule has 0 aromatic rings. The average molecular weight is 232 g/mol. The second-order valence-electron chi connectivity index (χ2n) is 3.34. The first-order valence-electron chi connectivity index (χ1n) is 4.67. The van der Waals surface area contributed by atoms with E-state index in [-0.39, 0.29) is 12.1 Å². The standard InChI is InChI=1S/C10H16O2S2/c1-7(2)9(12-8(3)11)10-13-5-4-6-14-10/h9-10H,1,4-6H2,2-3H3. The molecule has 1 unspecified atom stereocenters. The first kappa shape index (κ1) is 12.0. The first-order chi connectivity index (χ1) is 6.61. The van der Waals surface area contributed by atoms with E-state index in [2.05, 4.69) is 6.58 Å². The molecule has 4 heteroatoms. The van der Waals surface area contributed by atoms with Crippen LogP contribution in [0, 0.1) is 0 Å². The molecule has 0 aromatic carbocycles. The Bertz CT molecular complexity index is 222. The molecule has 0 aliphatic carbocycles. The summed E-state index contributed by atoms with van der Waals surface area (Å²) in [4.78, 5) is 10.9. The van der Waals surface area contributed by atoms with Crippen molar-refractivity contribution in [1.29, 1.82) is 0 Å². The van der Waals surface area contributed by atoms with E-state index in [1.165, 1.54) is 13.3 Å². The van der Waals surface area contributed by atoms with Crippen LogP contribution in [0.1, 0.15) is 20.3 Å². The lowest BCUT2D eigenvalue weighted by atomic mass is 10.2. The molecule has 0 N–H and O–H groups in total. The highest BCUT2D eigenvalue weighted by Crippen LogP contribution is 2.36. The Morgan fingerprint density at radius 2 is 2.00 bits per heavy atom. The fourth-order valence-electron chi connectivity index (χ4n) is 1.25. The molecule has 1 rings (SSSR count). The van der Waals surface area contributed by atoms with Crippen LogP contribution < -0.4 is 0 Å². The van der Waals surface area contributed by atoms with E-state index in [9.17, 15) is 4.79 Å². The van der Waals surface area contributed by atoms with E-state index in [1.54, 1.807) is 0 Å². The van der Waals surface area contributed by atoms with Crippen molar-refractivity contribution < 1.29 is 9.53 Å². The van der Waals surface area contributed by atoms with Gasteiger partial charge in [-0.05, 0) is 30.4 Å². The van der Waals surface area contributed by atoms with Gasteiger partial charge in [0.05, 0.1) is 4.58 Å². The summed E-state index contributed by atoms with van der Waals surface area (Å²) in [5.41, 5.74) is 0.937. The van der Waals surface area contributed by atoms with Gasteiger partial charge in [-0.25, -0.2) is 0 Å². The minimum absolute atomic E-state index is 0.122. The highest BCUT2D eigenvalue weighted by atomic mass is 32.2. The van der Waals surface area contributed by atoms with Crippen LogP contribution in [0.25, 0.3) is 0 Å². The average Bonchev–Trinajstić information content (AvgIpc) is 2.15. The molecule has 2 nitrogen and oxygen atoms in total. The third kappa shape index (κ3) is 3.58. The molecule has 1 saturated heterocycles. The van der Waals surface area contributed by atoms with Gasteiger partial charge in [0.1, 0.15) is 6.10 Å². The Balaban J connectivity index is 2.56. The van der Waals surface area contributed by atoms with Gasteiger partial charge in [0, 0.05) is 6.92 Å². The van der Waals surface area contributed by atoms with Gasteiger partial charge in [0.15, 0.2) is 0 Å². The summed E-state index contributed by atoms with van der Waals surface area (Å²) in [7, 11) is 0. The highest BCUT2D eigenvalue weighted by molar-refractivity contribution is 8.17. The number of hydrogen-bond donors (Lipinski definition) is 0. The summed E-state index contributed by atoms with van der Waals surface area (Å²) in [6.45, 7) is 7.25. The van der Waals surface area contributed by atoms with Gasteiger partial charge in [-0.15, -0.1) is 23.5 Å². The third-order valence-electron chi connectivity index (χ3n) is 1.88. The number of esters is 1. The molecule has 0 bridgehead atoms. The maximum atomic E-state index is 10.9. The van der Waals surface area contributed by atoms with Crippen molar-refractivity contribution in [3.63, 3.8) is 0 Å². The second-order valence-corrected chi connectivity index (χ2v) is 6.14. The van der Waals surface area contributed by atoms with Crippen molar-refractivity contribution in [2.75, 3.05) is 11.5 Å². The van der Waals surface area contributed by atoms with Crippen molar-refractivity contribution in [2.45, 2.75) is 31.0 Å². The van der Waals surface area contributed by atoms with Crippen molar-refractivity contribution in [3.05, 3.63) is 12.2 Å². The second kappa shape index (κ2) is 5.71. The van der Waals surface area contributed by atoms with E-state index in [1.807, 2.05) is 30.4 Å². The van der Waals surface area contributed by atoms with Gasteiger partial charge in [-0.3, -0.25) is 4.79 Å². The number of carbonyl (C=O) groups is 1. The predicted octanol–water partition coefficient (Wildman–Crippen LogP) is 2.69. The minimum atomic E-state index is -0.218. The SMILES string of the molecule is C=C(C)C(OC(C)=O)C1SCCCS1. The lowest BCUT2D eigenvalue weighted by Gasteiger charge is -2.28. The Kier molecular flexibility index (Phi) is 4.89. The van der Waals surface area contributed by atoms with Crippen LogP contribution in [-0.2, 0) is 9.53 Å². The van der Waals surface area contributed by atoms with Crippen LogP contribution >= 0.6 is 23.5 Å². The van der Waals surface area contributed by atoms with Crippen LogP contribution in [0.3, 0.4) is 0 Å². The maximum absolute atomic E-state index is 10.9. The van der Waals surface area contributed by atoms with E-state index in [4.69, 9.17) is 4.74 Å². The van der Waals surface area contributed by atoms with Gasteiger partial charge in [0.25, 0.3) is 0 Å².